The van der Waals surface area contributed by atoms with Crippen molar-refractivity contribution in [3.63, 3.8) is 0 Å². The van der Waals surface area contributed by atoms with E-state index >= 15 is 0 Å². The zero-order chi connectivity index (χ0) is 10.3. The molecule has 14 heavy (non-hydrogen) atoms. The van der Waals surface area contributed by atoms with Crippen molar-refractivity contribution in [2.75, 3.05) is 0 Å². The lowest BCUT2D eigenvalue weighted by Crippen LogP contribution is -1.67. The van der Waals surface area contributed by atoms with Gasteiger partial charge in [-0.15, -0.1) is 22.7 Å². The van der Waals surface area contributed by atoms with Gasteiger partial charge in [0.2, 0.25) is 0 Å². The number of hydrogen-bond donors (Lipinski definition) is 0. The lowest BCUT2D eigenvalue weighted by atomic mass is 10.2. The Balaban J connectivity index is 2.54. The standard InChI is InChI=1S/C12H14S2/c1-7-6-11(14-10(7)4)12-8(2)5-9(3)13-12/h5-6H,1-4H3. The van der Waals surface area contributed by atoms with Crippen LogP contribution in [0.5, 0.6) is 0 Å². The fourth-order valence-electron chi connectivity index (χ4n) is 1.57. The quantitative estimate of drug-likeness (QED) is 0.655. The third-order valence-corrected chi connectivity index (χ3v) is 4.92. The van der Waals surface area contributed by atoms with Crippen LogP contribution in [-0.4, -0.2) is 0 Å². The maximum absolute atomic E-state index is 2.30. The normalized spacial score (nSPS) is 10.9. The summed E-state index contributed by atoms with van der Waals surface area (Å²) in [5.74, 6) is 0. The highest BCUT2D eigenvalue weighted by molar-refractivity contribution is 7.22. The van der Waals surface area contributed by atoms with Crippen molar-refractivity contribution in [2.45, 2.75) is 27.7 Å². The van der Waals surface area contributed by atoms with Gasteiger partial charge in [0.05, 0.1) is 0 Å². The SMILES string of the molecule is Cc1cc(C)c(-c2cc(C)c(C)s2)s1. The summed E-state index contributed by atoms with van der Waals surface area (Å²) in [6, 6.07) is 4.57. The van der Waals surface area contributed by atoms with Crippen LogP contribution in [0.4, 0.5) is 0 Å². The molecule has 0 N–H and O–H groups in total. The fourth-order valence-corrected chi connectivity index (χ4v) is 3.80. The molecule has 0 aromatic carbocycles. The van der Waals surface area contributed by atoms with Gasteiger partial charge in [0.1, 0.15) is 0 Å². The summed E-state index contributed by atoms with van der Waals surface area (Å²) in [4.78, 5) is 5.71. The first kappa shape index (κ1) is 9.94. The van der Waals surface area contributed by atoms with Crippen LogP contribution in [0.25, 0.3) is 9.75 Å². The van der Waals surface area contributed by atoms with E-state index in [1.54, 1.807) is 0 Å². The summed E-state index contributed by atoms with van der Waals surface area (Å²) in [5.41, 5.74) is 2.82. The van der Waals surface area contributed by atoms with Crippen LogP contribution >= 0.6 is 22.7 Å². The summed E-state index contributed by atoms with van der Waals surface area (Å²) >= 11 is 3.81. The van der Waals surface area contributed by atoms with E-state index in [2.05, 4.69) is 39.8 Å². The van der Waals surface area contributed by atoms with E-state index in [0.717, 1.165) is 0 Å². The van der Waals surface area contributed by atoms with Gasteiger partial charge in [-0.2, -0.15) is 0 Å². The van der Waals surface area contributed by atoms with Gasteiger partial charge >= 0.3 is 0 Å². The van der Waals surface area contributed by atoms with Crippen LogP contribution in [0.15, 0.2) is 12.1 Å². The first-order chi connectivity index (χ1) is 6.58. The maximum Gasteiger partial charge on any atom is 0.0474 e. The Bertz CT molecular complexity index is 441. The second-order valence-electron chi connectivity index (χ2n) is 3.72. The topological polar surface area (TPSA) is 0 Å². The van der Waals surface area contributed by atoms with Crippen molar-refractivity contribution >= 4 is 22.7 Å². The van der Waals surface area contributed by atoms with E-state index in [-0.39, 0.29) is 0 Å². The molecule has 0 unspecified atom stereocenters. The molecule has 0 aliphatic rings. The van der Waals surface area contributed by atoms with Gasteiger partial charge in [0, 0.05) is 19.5 Å². The van der Waals surface area contributed by atoms with E-state index in [1.165, 1.54) is 30.6 Å². The summed E-state index contributed by atoms with van der Waals surface area (Å²) < 4.78 is 0. The summed E-state index contributed by atoms with van der Waals surface area (Å²) in [6.07, 6.45) is 0. The van der Waals surface area contributed by atoms with E-state index < -0.39 is 0 Å². The summed E-state index contributed by atoms with van der Waals surface area (Å²) in [6.45, 7) is 8.75. The molecule has 2 rings (SSSR count). The summed E-state index contributed by atoms with van der Waals surface area (Å²) in [5, 5.41) is 0. The van der Waals surface area contributed by atoms with Gasteiger partial charge in [-0.25, -0.2) is 0 Å². The third-order valence-electron chi connectivity index (χ3n) is 2.43. The molecular weight excluding hydrogens is 208 g/mol. The Morgan fingerprint density at radius 2 is 1.57 bits per heavy atom. The minimum absolute atomic E-state index is 1.40. The van der Waals surface area contributed by atoms with Crippen LogP contribution in [0, 0.1) is 27.7 Å². The molecule has 0 atom stereocenters. The van der Waals surface area contributed by atoms with Crippen LogP contribution in [-0.2, 0) is 0 Å². The molecule has 74 valence electrons. The number of hydrogen-bond acceptors (Lipinski definition) is 2. The maximum atomic E-state index is 2.30. The second kappa shape index (κ2) is 3.52. The van der Waals surface area contributed by atoms with E-state index in [0.29, 0.717) is 0 Å². The van der Waals surface area contributed by atoms with Gasteiger partial charge in [0.25, 0.3) is 0 Å². The molecule has 2 heteroatoms. The Hall–Kier alpha value is -0.600. The monoisotopic (exact) mass is 222 g/mol. The van der Waals surface area contributed by atoms with Gasteiger partial charge < -0.3 is 0 Å². The minimum atomic E-state index is 1.40. The third kappa shape index (κ3) is 1.64. The highest BCUT2D eigenvalue weighted by Crippen LogP contribution is 2.37. The van der Waals surface area contributed by atoms with Gasteiger partial charge in [-0.1, -0.05) is 0 Å². The zero-order valence-corrected chi connectivity index (χ0v) is 10.6. The van der Waals surface area contributed by atoms with Crippen molar-refractivity contribution in [3.05, 3.63) is 33.0 Å². The van der Waals surface area contributed by atoms with Crippen LogP contribution in [0.2, 0.25) is 0 Å². The Kier molecular flexibility index (Phi) is 2.50. The molecule has 0 saturated heterocycles. The van der Waals surface area contributed by atoms with Crippen molar-refractivity contribution < 1.29 is 0 Å². The molecule has 0 spiro atoms. The van der Waals surface area contributed by atoms with Crippen LogP contribution < -0.4 is 0 Å². The first-order valence-electron chi connectivity index (χ1n) is 4.72. The average Bonchev–Trinajstić information content (AvgIpc) is 2.57. The van der Waals surface area contributed by atoms with Crippen molar-refractivity contribution in [2.24, 2.45) is 0 Å². The van der Waals surface area contributed by atoms with E-state index in [9.17, 15) is 0 Å². The van der Waals surface area contributed by atoms with Gasteiger partial charge in [-0.05, 0) is 51.0 Å². The van der Waals surface area contributed by atoms with Gasteiger partial charge in [-0.3, -0.25) is 0 Å². The highest BCUT2D eigenvalue weighted by Gasteiger charge is 2.09. The van der Waals surface area contributed by atoms with Gasteiger partial charge in [0.15, 0.2) is 0 Å². The Labute approximate surface area is 93.2 Å². The Morgan fingerprint density at radius 1 is 0.857 bits per heavy atom. The highest BCUT2D eigenvalue weighted by atomic mass is 32.1. The molecule has 0 amide bonds. The number of thiophene rings is 2. The molecule has 2 heterocycles. The molecule has 0 aliphatic carbocycles. The van der Waals surface area contributed by atoms with Crippen molar-refractivity contribution in [1.82, 2.24) is 0 Å². The molecule has 0 fully saturated rings. The lowest BCUT2D eigenvalue weighted by molar-refractivity contribution is 1.44. The lowest BCUT2D eigenvalue weighted by Gasteiger charge is -1.92. The summed E-state index contributed by atoms with van der Waals surface area (Å²) in [7, 11) is 0. The molecule has 2 aromatic rings. The molecule has 0 nitrogen and oxygen atoms in total. The predicted octanol–water partition coefficient (Wildman–Crippen LogP) is 4.71. The smallest absolute Gasteiger partial charge is 0.0474 e. The average molecular weight is 222 g/mol. The fraction of sp³-hybridized carbons (Fsp3) is 0.333. The first-order valence-corrected chi connectivity index (χ1v) is 6.35. The zero-order valence-electron chi connectivity index (χ0n) is 8.97. The van der Waals surface area contributed by atoms with E-state index in [4.69, 9.17) is 0 Å². The van der Waals surface area contributed by atoms with Crippen LogP contribution in [0.3, 0.4) is 0 Å². The Morgan fingerprint density at radius 3 is 2.00 bits per heavy atom. The van der Waals surface area contributed by atoms with E-state index in [1.807, 2.05) is 22.7 Å². The van der Waals surface area contributed by atoms with Crippen LogP contribution in [0.1, 0.15) is 20.9 Å². The number of rotatable bonds is 1. The molecule has 0 saturated carbocycles. The second-order valence-corrected chi connectivity index (χ2v) is 6.23. The largest absolute Gasteiger partial charge is 0.139 e. The van der Waals surface area contributed by atoms with Crippen molar-refractivity contribution in [1.29, 1.82) is 0 Å². The predicted molar refractivity (Wildman–Crippen MR) is 66.6 cm³/mol. The molecule has 0 bridgehead atoms. The molecule has 2 aromatic heterocycles. The minimum Gasteiger partial charge on any atom is -0.139 e. The molecular formula is C12H14S2. The number of aryl methyl sites for hydroxylation is 4. The molecule has 0 radical (unpaired) electrons. The molecule has 0 aliphatic heterocycles. The van der Waals surface area contributed by atoms with Crippen molar-refractivity contribution in [3.8, 4) is 9.75 Å².